The molecule has 0 spiro atoms. The summed E-state index contributed by atoms with van der Waals surface area (Å²) in [7, 11) is 0. The summed E-state index contributed by atoms with van der Waals surface area (Å²) in [6.07, 6.45) is 5.16. The largest absolute Gasteiger partial charge is 0.324 e. The lowest BCUT2D eigenvalue weighted by atomic mass is 10.0. The molecule has 31 heavy (non-hydrogen) atoms. The fraction of sp³-hybridized carbons (Fsp3) is 0.0435. The van der Waals surface area contributed by atoms with Crippen molar-refractivity contribution in [2.24, 2.45) is 0 Å². The Morgan fingerprint density at radius 3 is 2.52 bits per heavy atom. The van der Waals surface area contributed by atoms with Crippen molar-refractivity contribution >= 4 is 22.5 Å². The molecule has 0 aliphatic heterocycles. The number of fused-ring (bicyclic) bond motifs is 1. The molecule has 0 fully saturated rings. The molecule has 0 bridgehead atoms. The minimum Gasteiger partial charge on any atom is -0.324 e. The molecule has 0 amide bonds. The van der Waals surface area contributed by atoms with Gasteiger partial charge in [-0.05, 0) is 43.3 Å². The third-order valence-electron chi connectivity index (χ3n) is 4.79. The summed E-state index contributed by atoms with van der Waals surface area (Å²) in [5, 5.41) is 17.5. The predicted molar refractivity (Wildman–Crippen MR) is 117 cm³/mol. The highest BCUT2D eigenvalue weighted by Crippen LogP contribution is 2.28. The van der Waals surface area contributed by atoms with Crippen LogP contribution in [0, 0.1) is 18.3 Å². The standard InChI is InChI=1S/C23H16N8/c1-15-27-14-31(30-15)20-9-7-18(8-10-20)28-23-26-13-17-3-2-4-21(22(17)29-23)16-5-6-19(11-24)25-12-16/h2-10,12-14H,1H3,(H,26,28,29). The average molecular weight is 404 g/mol. The molecule has 0 saturated heterocycles. The van der Waals surface area contributed by atoms with Gasteiger partial charge in [0.05, 0.1) is 11.2 Å². The van der Waals surface area contributed by atoms with Crippen molar-refractivity contribution in [2.75, 3.05) is 5.32 Å². The second-order valence-electron chi connectivity index (χ2n) is 6.89. The number of aryl methyl sites for hydroxylation is 1. The second-order valence-corrected chi connectivity index (χ2v) is 6.89. The van der Waals surface area contributed by atoms with Gasteiger partial charge in [0.2, 0.25) is 5.95 Å². The molecule has 148 valence electrons. The SMILES string of the molecule is Cc1ncn(-c2ccc(Nc3ncc4cccc(-c5ccc(C#N)nc5)c4n3)cc2)n1. The van der Waals surface area contributed by atoms with E-state index in [1.54, 1.807) is 29.5 Å². The number of hydrogen-bond acceptors (Lipinski definition) is 7. The van der Waals surface area contributed by atoms with Crippen LogP contribution in [0.5, 0.6) is 0 Å². The van der Waals surface area contributed by atoms with E-state index in [9.17, 15) is 0 Å². The molecule has 2 aromatic carbocycles. The van der Waals surface area contributed by atoms with Gasteiger partial charge in [-0.25, -0.2) is 24.6 Å². The van der Waals surface area contributed by atoms with Crippen molar-refractivity contribution in [3.63, 3.8) is 0 Å². The minimum atomic E-state index is 0.380. The first kappa shape index (κ1) is 18.4. The van der Waals surface area contributed by atoms with E-state index < -0.39 is 0 Å². The van der Waals surface area contributed by atoms with Crippen LogP contribution in [0.3, 0.4) is 0 Å². The van der Waals surface area contributed by atoms with Crippen molar-refractivity contribution in [1.29, 1.82) is 5.26 Å². The first-order chi connectivity index (χ1) is 15.2. The van der Waals surface area contributed by atoms with Crippen molar-refractivity contribution in [2.45, 2.75) is 6.92 Å². The molecule has 3 aromatic heterocycles. The van der Waals surface area contributed by atoms with Gasteiger partial charge in [0, 0.05) is 34.6 Å². The first-order valence-corrected chi connectivity index (χ1v) is 9.58. The predicted octanol–water partition coefficient (Wildman–Crippen LogP) is 4.20. The lowest BCUT2D eigenvalue weighted by Crippen LogP contribution is -1.99. The summed E-state index contributed by atoms with van der Waals surface area (Å²) in [5.74, 6) is 1.21. The minimum absolute atomic E-state index is 0.380. The van der Waals surface area contributed by atoms with Crippen LogP contribution in [0.2, 0.25) is 0 Å². The molecule has 0 aliphatic carbocycles. The Morgan fingerprint density at radius 1 is 0.935 bits per heavy atom. The molecule has 5 aromatic rings. The van der Waals surface area contributed by atoms with E-state index in [-0.39, 0.29) is 0 Å². The van der Waals surface area contributed by atoms with Gasteiger partial charge in [0.1, 0.15) is 23.9 Å². The lowest BCUT2D eigenvalue weighted by Gasteiger charge is -2.09. The molecule has 5 rings (SSSR count). The maximum Gasteiger partial charge on any atom is 0.227 e. The summed E-state index contributed by atoms with van der Waals surface area (Å²) in [4.78, 5) is 17.5. The van der Waals surface area contributed by atoms with Gasteiger partial charge in [-0.2, -0.15) is 10.4 Å². The van der Waals surface area contributed by atoms with Crippen molar-refractivity contribution in [3.8, 4) is 22.9 Å². The average Bonchev–Trinajstić information content (AvgIpc) is 3.25. The molecule has 0 atom stereocenters. The summed E-state index contributed by atoms with van der Waals surface area (Å²) >= 11 is 0. The van der Waals surface area contributed by atoms with Crippen LogP contribution in [0.25, 0.3) is 27.7 Å². The van der Waals surface area contributed by atoms with Gasteiger partial charge in [0.25, 0.3) is 0 Å². The zero-order chi connectivity index (χ0) is 21.2. The number of hydrogen-bond donors (Lipinski definition) is 1. The summed E-state index contributed by atoms with van der Waals surface area (Å²) in [5.41, 5.74) is 4.78. The van der Waals surface area contributed by atoms with E-state index in [1.165, 1.54) is 0 Å². The smallest absolute Gasteiger partial charge is 0.227 e. The zero-order valence-electron chi connectivity index (χ0n) is 16.6. The van der Waals surface area contributed by atoms with E-state index >= 15 is 0 Å². The number of benzene rings is 2. The molecular formula is C23H16N8. The van der Waals surface area contributed by atoms with E-state index in [4.69, 9.17) is 10.2 Å². The van der Waals surface area contributed by atoms with Crippen LogP contribution >= 0.6 is 0 Å². The van der Waals surface area contributed by atoms with Gasteiger partial charge >= 0.3 is 0 Å². The fourth-order valence-corrected chi connectivity index (χ4v) is 3.27. The number of aromatic nitrogens is 6. The van der Waals surface area contributed by atoms with Crippen LogP contribution in [0.4, 0.5) is 11.6 Å². The van der Waals surface area contributed by atoms with Gasteiger partial charge < -0.3 is 5.32 Å². The van der Waals surface area contributed by atoms with Crippen LogP contribution < -0.4 is 5.32 Å². The highest BCUT2D eigenvalue weighted by Gasteiger charge is 2.09. The van der Waals surface area contributed by atoms with Gasteiger partial charge in [-0.1, -0.05) is 18.2 Å². The van der Waals surface area contributed by atoms with Crippen LogP contribution in [-0.2, 0) is 0 Å². The Kier molecular flexibility index (Phi) is 4.54. The zero-order valence-corrected chi connectivity index (χ0v) is 16.6. The van der Waals surface area contributed by atoms with Crippen LogP contribution in [-0.4, -0.2) is 29.7 Å². The maximum absolute atomic E-state index is 8.98. The Bertz CT molecular complexity index is 1410. The van der Waals surface area contributed by atoms with Crippen molar-refractivity contribution in [1.82, 2.24) is 29.7 Å². The summed E-state index contributed by atoms with van der Waals surface area (Å²) in [6.45, 7) is 1.85. The number of anilines is 2. The number of para-hydroxylation sites is 1. The fourth-order valence-electron chi connectivity index (χ4n) is 3.27. The highest BCUT2D eigenvalue weighted by molar-refractivity contribution is 5.93. The van der Waals surface area contributed by atoms with Crippen LogP contribution in [0.15, 0.2) is 73.3 Å². The lowest BCUT2D eigenvalue weighted by molar-refractivity contribution is 0.863. The molecule has 8 heteroatoms. The number of rotatable bonds is 4. The molecular weight excluding hydrogens is 388 g/mol. The van der Waals surface area contributed by atoms with Crippen molar-refractivity contribution < 1.29 is 0 Å². The molecule has 3 heterocycles. The Hall–Kier alpha value is -4.64. The Balaban J connectivity index is 1.46. The van der Waals surface area contributed by atoms with E-state index in [0.29, 0.717) is 11.6 Å². The van der Waals surface area contributed by atoms with E-state index in [1.807, 2.05) is 61.5 Å². The van der Waals surface area contributed by atoms with E-state index in [2.05, 4.69) is 25.4 Å². The van der Waals surface area contributed by atoms with Gasteiger partial charge in [-0.15, -0.1) is 0 Å². The molecule has 0 aliphatic rings. The maximum atomic E-state index is 8.98. The molecule has 1 N–H and O–H groups in total. The first-order valence-electron chi connectivity index (χ1n) is 9.58. The highest BCUT2D eigenvalue weighted by atomic mass is 15.3. The quantitative estimate of drug-likeness (QED) is 0.479. The normalized spacial score (nSPS) is 10.7. The molecule has 0 saturated carbocycles. The monoisotopic (exact) mass is 404 g/mol. The van der Waals surface area contributed by atoms with E-state index in [0.717, 1.165) is 39.2 Å². The van der Waals surface area contributed by atoms with Gasteiger partial charge in [0.15, 0.2) is 0 Å². The molecule has 0 radical (unpaired) electrons. The summed E-state index contributed by atoms with van der Waals surface area (Å²) < 4.78 is 1.73. The topological polar surface area (TPSA) is 105 Å². The Labute approximate surface area is 177 Å². The van der Waals surface area contributed by atoms with Gasteiger partial charge in [-0.3, -0.25) is 0 Å². The number of nitrogens with zero attached hydrogens (tertiary/aromatic N) is 7. The van der Waals surface area contributed by atoms with Crippen molar-refractivity contribution in [3.05, 3.63) is 84.8 Å². The molecule has 0 unspecified atom stereocenters. The summed E-state index contributed by atoms with van der Waals surface area (Å²) in [6, 6.07) is 19.3. The number of nitriles is 1. The number of pyridine rings is 1. The Morgan fingerprint density at radius 2 is 1.81 bits per heavy atom. The molecule has 8 nitrogen and oxygen atoms in total. The number of nitrogens with one attached hydrogen (secondary N) is 1. The third kappa shape index (κ3) is 3.68. The third-order valence-corrected chi connectivity index (χ3v) is 4.79. The van der Waals surface area contributed by atoms with Crippen LogP contribution in [0.1, 0.15) is 11.5 Å². The second kappa shape index (κ2) is 7.65.